The van der Waals surface area contributed by atoms with Gasteiger partial charge in [0, 0.05) is 11.4 Å². The van der Waals surface area contributed by atoms with Gasteiger partial charge < -0.3 is 5.32 Å². The molecule has 1 amide bonds. The number of hydrogen-bond acceptors (Lipinski definition) is 6. The topological polar surface area (TPSA) is 90.3 Å². The van der Waals surface area contributed by atoms with Crippen molar-refractivity contribution in [1.82, 2.24) is 4.31 Å². The van der Waals surface area contributed by atoms with E-state index >= 15 is 0 Å². The minimum Gasteiger partial charge on any atom is -0.315 e. The van der Waals surface area contributed by atoms with Gasteiger partial charge in [-0.15, -0.1) is 22.7 Å². The third kappa shape index (κ3) is 3.50. The molecule has 0 saturated carbocycles. The van der Waals surface area contributed by atoms with Crippen LogP contribution in [0.4, 0.5) is 5.00 Å². The van der Waals surface area contributed by atoms with Crippen LogP contribution in [-0.4, -0.2) is 31.2 Å². The molecule has 0 bridgehead atoms. The van der Waals surface area contributed by atoms with Gasteiger partial charge in [0.2, 0.25) is 5.91 Å². The van der Waals surface area contributed by atoms with Gasteiger partial charge in [-0.05, 0) is 55.5 Å². The minimum atomic E-state index is -3.69. The van der Waals surface area contributed by atoms with Crippen molar-refractivity contribution in [2.45, 2.75) is 55.2 Å². The van der Waals surface area contributed by atoms with Crippen molar-refractivity contribution in [1.29, 1.82) is 5.26 Å². The van der Waals surface area contributed by atoms with E-state index in [1.165, 1.54) is 20.5 Å². The van der Waals surface area contributed by atoms with Crippen LogP contribution < -0.4 is 5.32 Å². The monoisotopic (exact) mass is 435 g/mol. The number of fused-ring (bicyclic) bond motifs is 1. The fourth-order valence-electron chi connectivity index (χ4n) is 3.95. The summed E-state index contributed by atoms with van der Waals surface area (Å²) in [6.45, 7) is 0.338. The zero-order chi connectivity index (χ0) is 19.7. The molecule has 1 saturated heterocycles. The Bertz CT molecular complexity index is 1020. The van der Waals surface area contributed by atoms with Crippen LogP contribution in [0, 0.1) is 11.3 Å². The van der Waals surface area contributed by atoms with E-state index in [1.807, 2.05) is 0 Å². The lowest BCUT2D eigenvalue weighted by Crippen LogP contribution is -2.49. The average molecular weight is 436 g/mol. The zero-order valence-electron chi connectivity index (χ0n) is 15.3. The van der Waals surface area contributed by atoms with E-state index < -0.39 is 16.1 Å². The molecule has 0 spiro atoms. The van der Waals surface area contributed by atoms with E-state index in [1.54, 1.807) is 17.5 Å². The van der Waals surface area contributed by atoms with Crippen molar-refractivity contribution in [2.75, 3.05) is 11.9 Å². The van der Waals surface area contributed by atoms with Gasteiger partial charge in [-0.3, -0.25) is 4.79 Å². The number of nitriles is 1. The second-order valence-corrected chi connectivity index (χ2v) is 11.2. The smallest absolute Gasteiger partial charge is 0.253 e. The van der Waals surface area contributed by atoms with Gasteiger partial charge in [-0.1, -0.05) is 12.5 Å². The van der Waals surface area contributed by atoms with Gasteiger partial charge >= 0.3 is 0 Å². The number of piperidine rings is 1. The number of anilines is 1. The highest BCUT2D eigenvalue weighted by Crippen LogP contribution is 2.38. The molecule has 148 valence electrons. The lowest BCUT2D eigenvalue weighted by molar-refractivity contribution is -0.120. The van der Waals surface area contributed by atoms with Crippen LogP contribution in [0.2, 0.25) is 0 Å². The first-order valence-electron chi connectivity index (χ1n) is 9.43. The van der Waals surface area contributed by atoms with E-state index in [-0.39, 0.29) is 10.1 Å². The van der Waals surface area contributed by atoms with E-state index in [0.29, 0.717) is 23.5 Å². The number of nitrogens with zero attached hydrogens (tertiary/aromatic N) is 2. The highest BCUT2D eigenvalue weighted by molar-refractivity contribution is 7.91. The van der Waals surface area contributed by atoms with Gasteiger partial charge in [0.15, 0.2) is 0 Å². The Hall–Kier alpha value is -1.73. The number of amides is 1. The predicted molar refractivity (Wildman–Crippen MR) is 110 cm³/mol. The SMILES string of the molecule is N#Cc1c(NC(=O)C2CCCCN2S(=O)(=O)c2cccs2)sc2c1CCCC2. The van der Waals surface area contributed by atoms with Crippen LogP contribution in [0.25, 0.3) is 0 Å². The van der Waals surface area contributed by atoms with E-state index in [4.69, 9.17) is 0 Å². The van der Waals surface area contributed by atoms with Gasteiger partial charge in [-0.25, -0.2) is 8.42 Å². The third-order valence-electron chi connectivity index (χ3n) is 5.33. The summed E-state index contributed by atoms with van der Waals surface area (Å²) in [5.41, 5.74) is 1.61. The standard InChI is InChI=1S/C19H21N3O3S3/c20-12-14-13-6-1-2-8-16(13)27-19(14)21-18(23)15-7-3-4-10-22(15)28(24,25)17-9-5-11-26-17/h5,9,11,15H,1-4,6-8,10H2,(H,21,23). The van der Waals surface area contributed by atoms with Crippen LogP contribution in [0.15, 0.2) is 21.7 Å². The number of carbonyl (C=O) groups is 1. The van der Waals surface area contributed by atoms with Crippen LogP contribution in [0.3, 0.4) is 0 Å². The summed E-state index contributed by atoms with van der Waals surface area (Å²) >= 11 is 2.63. The quantitative estimate of drug-likeness (QED) is 0.792. The van der Waals surface area contributed by atoms with Crippen molar-refractivity contribution < 1.29 is 13.2 Å². The molecule has 2 aromatic heterocycles. The summed E-state index contributed by atoms with van der Waals surface area (Å²) < 4.78 is 27.6. The molecule has 4 rings (SSSR count). The number of sulfonamides is 1. The zero-order valence-corrected chi connectivity index (χ0v) is 17.8. The molecule has 1 unspecified atom stereocenters. The Labute approximate surface area is 172 Å². The molecule has 2 aromatic rings. The number of nitrogens with one attached hydrogen (secondary N) is 1. The second kappa shape index (κ2) is 7.95. The first-order valence-corrected chi connectivity index (χ1v) is 12.6. The summed E-state index contributed by atoms with van der Waals surface area (Å²) in [4.78, 5) is 14.2. The maximum absolute atomic E-state index is 13.1. The summed E-state index contributed by atoms with van der Waals surface area (Å²) in [5, 5.41) is 14.8. The Balaban J connectivity index is 1.60. The van der Waals surface area contributed by atoms with Crippen LogP contribution >= 0.6 is 22.7 Å². The van der Waals surface area contributed by atoms with Crippen molar-refractivity contribution in [3.8, 4) is 6.07 Å². The molecule has 1 fully saturated rings. The second-order valence-electron chi connectivity index (χ2n) is 7.08. The number of carbonyl (C=O) groups excluding carboxylic acids is 1. The number of rotatable bonds is 4. The Morgan fingerprint density at radius 3 is 2.82 bits per heavy atom. The van der Waals surface area contributed by atoms with Gasteiger partial charge in [0.05, 0.1) is 5.56 Å². The first kappa shape index (κ1) is 19.6. The van der Waals surface area contributed by atoms with Crippen molar-refractivity contribution in [2.24, 2.45) is 0 Å². The average Bonchev–Trinajstić information content (AvgIpc) is 3.36. The van der Waals surface area contributed by atoms with Crippen molar-refractivity contribution >= 4 is 43.6 Å². The van der Waals surface area contributed by atoms with E-state index in [9.17, 15) is 18.5 Å². The molecule has 2 aliphatic rings. The maximum Gasteiger partial charge on any atom is 0.253 e. The fourth-order valence-corrected chi connectivity index (χ4v) is 7.97. The molecule has 9 heteroatoms. The number of aryl methyl sites for hydroxylation is 1. The third-order valence-corrected chi connectivity index (χ3v) is 9.82. The van der Waals surface area contributed by atoms with E-state index in [2.05, 4.69) is 11.4 Å². The molecule has 6 nitrogen and oxygen atoms in total. The highest BCUT2D eigenvalue weighted by atomic mass is 32.2. The Kier molecular flexibility index (Phi) is 5.56. The highest BCUT2D eigenvalue weighted by Gasteiger charge is 2.38. The number of thiophene rings is 2. The minimum absolute atomic E-state index is 0.261. The lowest BCUT2D eigenvalue weighted by Gasteiger charge is -2.33. The number of hydrogen-bond donors (Lipinski definition) is 1. The van der Waals surface area contributed by atoms with E-state index in [0.717, 1.165) is 55.4 Å². The Morgan fingerprint density at radius 1 is 1.25 bits per heavy atom. The van der Waals surface area contributed by atoms with Crippen LogP contribution in [0.5, 0.6) is 0 Å². The normalized spacial score (nSPS) is 20.3. The van der Waals surface area contributed by atoms with Gasteiger partial charge in [-0.2, -0.15) is 9.57 Å². The fraction of sp³-hybridized carbons (Fsp3) is 0.474. The largest absolute Gasteiger partial charge is 0.315 e. The maximum atomic E-state index is 13.1. The molecule has 1 aliphatic carbocycles. The molecule has 3 heterocycles. The van der Waals surface area contributed by atoms with Gasteiger partial charge in [0.1, 0.15) is 21.3 Å². The van der Waals surface area contributed by atoms with Crippen molar-refractivity contribution in [3.05, 3.63) is 33.5 Å². The predicted octanol–water partition coefficient (Wildman–Crippen LogP) is 3.74. The van der Waals surface area contributed by atoms with Gasteiger partial charge in [0.25, 0.3) is 10.0 Å². The summed E-state index contributed by atoms with van der Waals surface area (Å²) in [7, 11) is -3.69. The molecule has 0 aromatic carbocycles. The molecule has 1 atom stereocenters. The molecule has 28 heavy (non-hydrogen) atoms. The lowest BCUT2D eigenvalue weighted by atomic mass is 9.96. The van der Waals surface area contributed by atoms with Crippen LogP contribution in [-0.2, 0) is 27.7 Å². The molecular formula is C19H21N3O3S3. The molecule has 0 radical (unpaired) electrons. The van der Waals surface area contributed by atoms with Crippen LogP contribution in [0.1, 0.15) is 48.1 Å². The van der Waals surface area contributed by atoms with Crippen molar-refractivity contribution in [3.63, 3.8) is 0 Å². The molecular weight excluding hydrogens is 414 g/mol. The first-order chi connectivity index (χ1) is 13.5. The summed E-state index contributed by atoms with van der Waals surface area (Å²) in [5.74, 6) is -0.338. The summed E-state index contributed by atoms with van der Waals surface area (Å²) in [6, 6.07) is 4.77. The summed E-state index contributed by atoms with van der Waals surface area (Å²) in [6.07, 6.45) is 6.00. The molecule has 1 aliphatic heterocycles. The molecule has 1 N–H and O–H groups in total. The Morgan fingerprint density at radius 2 is 2.07 bits per heavy atom.